The Morgan fingerprint density at radius 1 is 1.05 bits per heavy atom. The molecule has 42 heavy (non-hydrogen) atoms. The SMILES string of the molecule is O=C(c1ccc(C(F)(F)F)cc1)N(Cc1ccco1)Cc1cnc(S(=O)(=O)Cc2ccccc2F)n1CC1CCCO1. The molecule has 5 rings (SSSR count). The first-order valence-electron chi connectivity index (χ1n) is 13.1. The molecule has 1 unspecified atom stereocenters. The Kier molecular flexibility index (Phi) is 8.50. The lowest BCUT2D eigenvalue weighted by molar-refractivity contribution is -0.137. The van der Waals surface area contributed by atoms with Crippen LogP contribution in [0.4, 0.5) is 17.6 Å². The fourth-order valence-electron chi connectivity index (χ4n) is 4.81. The van der Waals surface area contributed by atoms with Crippen molar-refractivity contribution in [2.75, 3.05) is 6.61 Å². The zero-order chi connectivity index (χ0) is 29.9. The first-order chi connectivity index (χ1) is 20.0. The standard InChI is InChI=1S/C29H27F4N3O5S/c30-26-8-2-1-5-21(26)19-42(38,39)28-34-15-23(36(28)18-25-7-4-14-41-25)16-35(17-24-6-3-13-40-24)27(37)20-9-11-22(12-10-20)29(31,32)33/h1-3,5-6,8-13,15,25H,4,7,14,16-19H2. The van der Waals surface area contributed by atoms with Crippen LogP contribution in [0.2, 0.25) is 0 Å². The van der Waals surface area contributed by atoms with Gasteiger partial charge in [0.15, 0.2) is 0 Å². The number of hydrogen-bond acceptors (Lipinski definition) is 6. The first kappa shape index (κ1) is 29.5. The van der Waals surface area contributed by atoms with Crippen molar-refractivity contribution in [2.45, 2.75) is 55.7 Å². The molecule has 1 fully saturated rings. The minimum Gasteiger partial charge on any atom is -0.467 e. The number of imidazole rings is 1. The van der Waals surface area contributed by atoms with Gasteiger partial charge in [0, 0.05) is 17.7 Å². The quantitative estimate of drug-likeness (QED) is 0.218. The maximum Gasteiger partial charge on any atom is 0.416 e. The lowest BCUT2D eigenvalue weighted by atomic mass is 10.1. The number of rotatable bonds is 10. The third kappa shape index (κ3) is 6.73. The topological polar surface area (TPSA) is 94.6 Å². The van der Waals surface area contributed by atoms with Crippen LogP contribution in [0, 0.1) is 5.82 Å². The molecule has 13 heteroatoms. The van der Waals surface area contributed by atoms with Gasteiger partial charge in [-0.15, -0.1) is 0 Å². The second kappa shape index (κ2) is 12.1. The third-order valence-electron chi connectivity index (χ3n) is 6.92. The molecule has 1 aliphatic rings. The number of hydrogen-bond donors (Lipinski definition) is 0. The molecule has 0 saturated carbocycles. The highest BCUT2D eigenvalue weighted by atomic mass is 32.2. The van der Waals surface area contributed by atoms with Crippen LogP contribution < -0.4 is 0 Å². The van der Waals surface area contributed by atoms with Crippen molar-refractivity contribution in [3.63, 3.8) is 0 Å². The smallest absolute Gasteiger partial charge is 0.416 e. The van der Waals surface area contributed by atoms with Gasteiger partial charge in [0.05, 0.1) is 55.2 Å². The van der Waals surface area contributed by atoms with Gasteiger partial charge in [-0.1, -0.05) is 18.2 Å². The average Bonchev–Trinajstić information content (AvgIpc) is 3.73. The summed E-state index contributed by atoms with van der Waals surface area (Å²) in [4.78, 5) is 19.1. The van der Waals surface area contributed by atoms with E-state index in [4.69, 9.17) is 9.15 Å². The molecule has 222 valence electrons. The predicted octanol–water partition coefficient (Wildman–Crippen LogP) is 5.63. The third-order valence-corrected chi connectivity index (χ3v) is 8.49. The highest BCUT2D eigenvalue weighted by molar-refractivity contribution is 7.90. The van der Waals surface area contributed by atoms with Gasteiger partial charge >= 0.3 is 6.18 Å². The highest BCUT2D eigenvalue weighted by Crippen LogP contribution is 2.30. The Balaban J connectivity index is 1.49. The number of furan rings is 1. The zero-order valence-electron chi connectivity index (χ0n) is 22.3. The van der Waals surface area contributed by atoms with Crippen molar-refractivity contribution < 1.29 is 39.9 Å². The molecule has 0 spiro atoms. The molecule has 1 saturated heterocycles. The van der Waals surface area contributed by atoms with Crippen LogP contribution in [0.15, 0.2) is 82.7 Å². The Morgan fingerprint density at radius 3 is 2.45 bits per heavy atom. The fourth-order valence-corrected chi connectivity index (χ4v) is 6.32. The largest absolute Gasteiger partial charge is 0.467 e. The lowest BCUT2D eigenvalue weighted by Crippen LogP contribution is -2.32. The van der Waals surface area contributed by atoms with Crippen LogP contribution in [0.5, 0.6) is 0 Å². The van der Waals surface area contributed by atoms with E-state index in [2.05, 4.69) is 4.98 Å². The van der Waals surface area contributed by atoms with Crippen LogP contribution >= 0.6 is 0 Å². The molecule has 0 radical (unpaired) electrons. The molecule has 0 N–H and O–H groups in total. The van der Waals surface area contributed by atoms with E-state index in [1.54, 1.807) is 12.1 Å². The number of carbonyl (C=O) groups is 1. The zero-order valence-corrected chi connectivity index (χ0v) is 23.1. The molecule has 1 aliphatic heterocycles. The van der Waals surface area contributed by atoms with Crippen molar-refractivity contribution in [1.29, 1.82) is 0 Å². The Morgan fingerprint density at radius 2 is 1.81 bits per heavy atom. The highest BCUT2D eigenvalue weighted by Gasteiger charge is 2.32. The Hall–Kier alpha value is -3.97. The van der Waals surface area contributed by atoms with Crippen LogP contribution in [0.25, 0.3) is 0 Å². The summed E-state index contributed by atoms with van der Waals surface area (Å²) in [5.74, 6) is -1.47. The molecule has 1 atom stereocenters. The number of carbonyl (C=O) groups excluding carboxylic acids is 1. The fraction of sp³-hybridized carbons (Fsp3) is 0.310. The van der Waals surface area contributed by atoms with Crippen LogP contribution in [0.3, 0.4) is 0 Å². The molecule has 0 bridgehead atoms. The molecule has 2 aromatic heterocycles. The van der Waals surface area contributed by atoms with Crippen LogP contribution in [-0.4, -0.2) is 41.5 Å². The van der Waals surface area contributed by atoms with Gasteiger partial charge in [0.2, 0.25) is 15.0 Å². The van der Waals surface area contributed by atoms with Crippen molar-refractivity contribution in [3.05, 3.63) is 107 Å². The molecular formula is C29H27F4N3O5S. The summed E-state index contributed by atoms with van der Waals surface area (Å²) in [6, 6.07) is 12.7. The minimum absolute atomic E-state index is 0.00662. The van der Waals surface area contributed by atoms with Crippen molar-refractivity contribution >= 4 is 15.7 Å². The predicted molar refractivity (Wildman–Crippen MR) is 142 cm³/mol. The molecule has 2 aromatic carbocycles. The number of sulfone groups is 1. The summed E-state index contributed by atoms with van der Waals surface area (Å²) >= 11 is 0. The maximum absolute atomic E-state index is 14.3. The van der Waals surface area contributed by atoms with Crippen molar-refractivity contribution in [2.24, 2.45) is 0 Å². The molecular weight excluding hydrogens is 578 g/mol. The Bertz CT molecular complexity index is 1630. The normalized spacial score (nSPS) is 15.7. The van der Waals surface area contributed by atoms with E-state index < -0.39 is 39.1 Å². The number of benzene rings is 2. The van der Waals surface area contributed by atoms with Crippen molar-refractivity contribution in [1.82, 2.24) is 14.5 Å². The van der Waals surface area contributed by atoms with Gasteiger partial charge in [-0.05, 0) is 55.3 Å². The number of alkyl halides is 3. The van der Waals surface area contributed by atoms with Gasteiger partial charge in [-0.2, -0.15) is 13.2 Å². The van der Waals surface area contributed by atoms with E-state index in [0.717, 1.165) is 30.7 Å². The van der Waals surface area contributed by atoms with E-state index in [1.165, 1.54) is 46.2 Å². The second-order valence-electron chi connectivity index (χ2n) is 9.94. The summed E-state index contributed by atoms with van der Waals surface area (Å²) in [5.41, 5.74) is -0.546. The number of halogens is 4. The summed E-state index contributed by atoms with van der Waals surface area (Å²) < 4.78 is 93.2. The van der Waals surface area contributed by atoms with Gasteiger partial charge in [0.25, 0.3) is 5.91 Å². The van der Waals surface area contributed by atoms with E-state index in [9.17, 15) is 30.8 Å². The number of nitrogens with zero attached hydrogens (tertiary/aromatic N) is 3. The summed E-state index contributed by atoms with van der Waals surface area (Å²) in [5, 5.41) is -0.295. The van der Waals surface area contributed by atoms with E-state index in [0.29, 0.717) is 24.5 Å². The Labute approximate surface area is 239 Å². The van der Waals surface area contributed by atoms with E-state index >= 15 is 0 Å². The summed E-state index contributed by atoms with van der Waals surface area (Å²) in [6.07, 6.45) is -0.628. The average molecular weight is 606 g/mol. The molecule has 4 aromatic rings. The number of amides is 1. The first-order valence-corrected chi connectivity index (χ1v) is 14.8. The maximum atomic E-state index is 14.3. The van der Waals surface area contributed by atoms with Crippen LogP contribution in [0.1, 0.15) is 45.8 Å². The van der Waals surface area contributed by atoms with Gasteiger partial charge in [-0.25, -0.2) is 17.8 Å². The summed E-state index contributed by atoms with van der Waals surface area (Å²) in [6.45, 7) is 0.456. The molecule has 3 heterocycles. The van der Waals surface area contributed by atoms with Crippen molar-refractivity contribution in [3.8, 4) is 0 Å². The second-order valence-corrected chi connectivity index (χ2v) is 11.8. The van der Waals surface area contributed by atoms with E-state index in [-0.39, 0.29) is 42.0 Å². The van der Waals surface area contributed by atoms with Gasteiger partial charge in [-0.3, -0.25) is 4.79 Å². The van der Waals surface area contributed by atoms with Gasteiger partial charge in [0.1, 0.15) is 11.6 Å². The molecule has 1 amide bonds. The number of aromatic nitrogens is 2. The molecule has 8 nitrogen and oxygen atoms in total. The van der Waals surface area contributed by atoms with E-state index in [1.807, 2.05) is 0 Å². The monoisotopic (exact) mass is 605 g/mol. The number of ether oxygens (including phenoxy) is 1. The van der Waals surface area contributed by atoms with Gasteiger partial charge < -0.3 is 18.6 Å². The van der Waals surface area contributed by atoms with Crippen LogP contribution in [-0.2, 0) is 46.1 Å². The lowest BCUT2D eigenvalue weighted by Gasteiger charge is -2.24. The summed E-state index contributed by atoms with van der Waals surface area (Å²) in [7, 11) is -4.14. The minimum atomic E-state index is -4.56. The molecule has 0 aliphatic carbocycles.